The SMILES string of the molecule is Brc1cccc2oc3c(-c4cccc5ccccc45)cccc3c12.Brc1cccc2oc3c(I)cccc3c12.OB(O)c1cccc2ccccc12. The van der Waals surface area contributed by atoms with E-state index < -0.39 is 7.12 Å². The van der Waals surface area contributed by atoms with Gasteiger partial charge in [0.15, 0.2) is 0 Å². The Bertz CT molecular complexity index is 2890. The maximum absolute atomic E-state index is 9.08. The summed E-state index contributed by atoms with van der Waals surface area (Å²) in [6.45, 7) is 0. The van der Waals surface area contributed by atoms with Crippen molar-refractivity contribution in [1.29, 1.82) is 0 Å². The molecule has 0 aliphatic rings. The van der Waals surface area contributed by atoms with Crippen molar-refractivity contribution in [2.75, 3.05) is 0 Å². The molecular weight excluding hydrogens is 890 g/mol. The molecule has 2 N–H and O–H groups in total. The molecule has 0 amide bonds. The van der Waals surface area contributed by atoms with Crippen LogP contribution < -0.4 is 5.46 Å². The number of hydrogen-bond donors (Lipinski definition) is 2. The van der Waals surface area contributed by atoms with Crippen molar-refractivity contribution in [1.82, 2.24) is 0 Å². The second-order valence-corrected chi connectivity index (χ2v) is 15.1. The topological polar surface area (TPSA) is 66.7 Å². The minimum absolute atomic E-state index is 0.554. The summed E-state index contributed by atoms with van der Waals surface area (Å²) in [5, 5.41) is 27.2. The van der Waals surface area contributed by atoms with Crippen LogP contribution in [0.15, 0.2) is 176 Å². The van der Waals surface area contributed by atoms with Crippen LogP contribution in [0.3, 0.4) is 0 Å². The van der Waals surface area contributed by atoms with E-state index in [-0.39, 0.29) is 0 Å². The van der Waals surface area contributed by atoms with Crippen LogP contribution in [-0.4, -0.2) is 17.2 Å². The van der Waals surface area contributed by atoms with Gasteiger partial charge in [-0.2, -0.15) is 0 Å². The van der Waals surface area contributed by atoms with Crippen molar-refractivity contribution in [3.8, 4) is 11.1 Å². The standard InChI is InChI=1S/C22H13BrO.C12H6BrIO.C10H9BO2/c23-19-12-5-13-20-21(19)18-11-4-10-17(22(18)24-20)16-9-3-7-14-6-1-2-8-15(14)16;13-8-4-2-6-10-11(8)7-3-1-5-9(14)12(7)15-10;12-11(13)10-7-3-5-8-4-1-2-6-9(8)10/h1-13H;1-6H;1-7,12-13H. The molecule has 0 radical (unpaired) electrons. The summed E-state index contributed by atoms with van der Waals surface area (Å²) < 4.78 is 15.4. The molecule has 10 aromatic rings. The number of benzene rings is 8. The Hall–Kier alpha value is -4.45. The summed E-state index contributed by atoms with van der Waals surface area (Å²) in [5.41, 5.74) is 6.64. The van der Waals surface area contributed by atoms with Crippen LogP contribution in [-0.2, 0) is 0 Å². The summed E-state index contributed by atoms with van der Waals surface area (Å²) >= 11 is 9.51. The fraction of sp³-hybridized carbons (Fsp3) is 0. The van der Waals surface area contributed by atoms with Crippen LogP contribution in [0.2, 0.25) is 0 Å². The van der Waals surface area contributed by atoms with Crippen LogP contribution in [0.1, 0.15) is 0 Å². The molecule has 0 spiro atoms. The molecule has 8 aromatic carbocycles. The Balaban J connectivity index is 0.000000119. The first-order valence-electron chi connectivity index (χ1n) is 16.6. The molecule has 0 saturated heterocycles. The van der Waals surface area contributed by atoms with E-state index in [1.54, 1.807) is 6.07 Å². The van der Waals surface area contributed by atoms with Gasteiger partial charge in [-0.15, -0.1) is 0 Å². The summed E-state index contributed by atoms with van der Waals surface area (Å²) in [5.74, 6) is 0. The van der Waals surface area contributed by atoms with Gasteiger partial charge in [0.1, 0.15) is 22.3 Å². The number of halogens is 3. The molecular formula is C44H28BBr2IO4. The van der Waals surface area contributed by atoms with E-state index in [0.717, 1.165) is 67.3 Å². The molecule has 52 heavy (non-hydrogen) atoms. The molecule has 8 heteroatoms. The molecule has 0 bridgehead atoms. The van der Waals surface area contributed by atoms with Gasteiger partial charge >= 0.3 is 7.12 Å². The van der Waals surface area contributed by atoms with Gasteiger partial charge in [-0.3, -0.25) is 0 Å². The van der Waals surface area contributed by atoms with Crippen LogP contribution in [0, 0.1) is 3.57 Å². The van der Waals surface area contributed by atoms with E-state index in [9.17, 15) is 0 Å². The first-order valence-corrected chi connectivity index (χ1v) is 19.2. The van der Waals surface area contributed by atoms with Crippen molar-refractivity contribution < 1.29 is 18.9 Å². The number of hydrogen-bond acceptors (Lipinski definition) is 4. The van der Waals surface area contributed by atoms with E-state index in [4.69, 9.17) is 18.9 Å². The number of para-hydroxylation sites is 2. The molecule has 2 heterocycles. The normalized spacial score (nSPS) is 11.2. The van der Waals surface area contributed by atoms with Crippen LogP contribution >= 0.6 is 54.5 Å². The zero-order chi connectivity index (χ0) is 35.8. The van der Waals surface area contributed by atoms with Gasteiger partial charge in [0.05, 0.1) is 3.57 Å². The quantitative estimate of drug-likeness (QED) is 0.134. The smallest absolute Gasteiger partial charge is 0.455 e. The molecule has 0 saturated carbocycles. The highest BCUT2D eigenvalue weighted by atomic mass is 127. The van der Waals surface area contributed by atoms with Crippen molar-refractivity contribution in [2.24, 2.45) is 0 Å². The zero-order valence-electron chi connectivity index (χ0n) is 27.4. The van der Waals surface area contributed by atoms with Gasteiger partial charge in [0, 0.05) is 36.1 Å². The second-order valence-electron chi connectivity index (χ2n) is 12.2. The van der Waals surface area contributed by atoms with Gasteiger partial charge < -0.3 is 18.9 Å². The minimum atomic E-state index is -1.40. The average Bonchev–Trinajstić information content (AvgIpc) is 3.76. The van der Waals surface area contributed by atoms with Crippen molar-refractivity contribution in [2.45, 2.75) is 0 Å². The maximum Gasteiger partial charge on any atom is 0.489 e. The average molecular weight is 918 g/mol. The van der Waals surface area contributed by atoms with E-state index in [1.165, 1.54) is 21.7 Å². The fourth-order valence-electron chi connectivity index (χ4n) is 6.72. The predicted octanol–water partition coefficient (Wildman–Crippen LogP) is 12.6. The largest absolute Gasteiger partial charge is 0.489 e. The van der Waals surface area contributed by atoms with E-state index in [0.29, 0.717) is 5.46 Å². The van der Waals surface area contributed by atoms with Crippen LogP contribution in [0.5, 0.6) is 0 Å². The third-order valence-corrected chi connectivity index (χ3v) is 11.2. The molecule has 0 fully saturated rings. The predicted molar refractivity (Wildman–Crippen MR) is 232 cm³/mol. The monoisotopic (exact) mass is 916 g/mol. The van der Waals surface area contributed by atoms with E-state index in [2.05, 4.69) is 139 Å². The van der Waals surface area contributed by atoms with Crippen molar-refractivity contribution in [3.63, 3.8) is 0 Å². The molecule has 252 valence electrons. The zero-order valence-corrected chi connectivity index (χ0v) is 32.8. The number of rotatable bonds is 2. The molecule has 0 unspecified atom stereocenters. The Morgan fingerprint density at radius 3 is 1.58 bits per heavy atom. The molecule has 10 rings (SSSR count). The van der Waals surface area contributed by atoms with Gasteiger partial charge in [0.25, 0.3) is 0 Å². The number of fused-ring (bicyclic) bond motifs is 8. The lowest BCUT2D eigenvalue weighted by Gasteiger charge is -2.07. The fourth-order valence-corrected chi connectivity index (χ4v) is 8.45. The van der Waals surface area contributed by atoms with E-state index in [1.807, 2.05) is 66.7 Å². The molecule has 0 atom stereocenters. The molecule has 0 aliphatic carbocycles. The van der Waals surface area contributed by atoms with E-state index >= 15 is 0 Å². The lowest BCUT2D eigenvalue weighted by molar-refractivity contribution is 0.426. The van der Waals surface area contributed by atoms with Gasteiger partial charge in [0.2, 0.25) is 0 Å². The third-order valence-electron chi connectivity index (χ3n) is 9.08. The highest BCUT2D eigenvalue weighted by Crippen LogP contribution is 2.40. The lowest BCUT2D eigenvalue weighted by Crippen LogP contribution is -2.30. The number of furan rings is 2. The molecule has 2 aromatic heterocycles. The minimum Gasteiger partial charge on any atom is -0.455 e. The molecule has 0 aliphatic heterocycles. The van der Waals surface area contributed by atoms with Crippen molar-refractivity contribution >= 4 is 132 Å². The Labute approximate surface area is 330 Å². The van der Waals surface area contributed by atoms with Crippen LogP contribution in [0.25, 0.3) is 76.5 Å². The summed E-state index contributed by atoms with van der Waals surface area (Å²) in [7, 11) is -1.40. The summed E-state index contributed by atoms with van der Waals surface area (Å²) in [4.78, 5) is 0. The Morgan fingerprint density at radius 2 is 0.904 bits per heavy atom. The summed E-state index contributed by atoms with van der Waals surface area (Å²) in [6.07, 6.45) is 0. The van der Waals surface area contributed by atoms with Gasteiger partial charge in [-0.1, -0.05) is 159 Å². The van der Waals surface area contributed by atoms with Crippen molar-refractivity contribution in [3.05, 3.63) is 170 Å². The first-order chi connectivity index (χ1) is 25.4. The summed E-state index contributed by atoms with van der Waals surface area (Å²) in [6, 6.07) is 52.7. The van der Waals surface area contributed by atoms with Crippen LogP contribution in [0.4, 0.5) is 0 Å². The lowest BCUT2D eigenvalue weighted by atomic mass is 9.77. The third kappa shape index (κ3) is 6.54. The highest BCUT2D eigenvalue weighted by Gasteiger charge is 2.16. The second kappa shape index (κ2) is 14.9. The Kier molecular flexibility index (Phi) is 9.92. The first kappa shape index (κ1) is 34.6. The Morgan fingerprint density at radius 1 is 0.442 bits per heavy atom. The van der Waals surface area contributed by atoms with Gasteiger partial charge in [-0.25, -0.2) is 0 Å². The molecule has 4 nitrogen and oxygen atoms in total. The highest BCUT2D eigenvalue weighted by molar-refractivity contribution is 14.1. The van der Waals surface area contributed by atoms with Gasteiger partial charge in [-0.05, 0) is 85.5 Å². The maximum atomic E-state index is 9.08.